The number of benzene rings is 1. The van der Waals surface area contributed by atoms with Crippen molar-refractivity contribution in [2.45, 2.75) is 34.2 Å². The molecule has 1 heterocycles. The lowest BCUT2D eigenvalue weighted by Gasteiger charge is -2.10. The number of aryl methyl sites for hydroxylation is 4. The first kappa shape index (κ1) is 12.4. The van der Waals surface area contributed by atoms with Crippen molar-refractivity contribution in [1.29, 1.82) is 0 Å². The Kier molecular flexibility index (Phi) is 3.38. The fraction of sp³-hybridized carbons (Fsp3) is 0.357. The Morgan fingerprint density at radius 2 is 1.94 bits per heavy atom. The van der Waals surface area contributed by atoms with Gasteiger partial charge in [-0.15, -0.1) is 0 Å². The van der Waals surface area contributed by atoms with E-state index in [1.165, 1.54) is 22.4 Å². The van der Waals surface area contributed by atoms with Gasteiger partial charge in [0.15, 0.2) is 0 Å². The Hall–Kier alpha value is -1.09. The highest BCUT2D eigenvalue weighted by Crippen LogP contribution is 2.33. The van der Waals surface area contributed by atoms with Gasteiger partial charge >= 0.3 is 0 Å². The van der Waals surface area contributed by atoms with Crippen molar-refractivity contribution in [2.24, 2.45) is 0 Å². The van der Waals surface area contributed by atoms with Gasteiger partial charge in [-0.25, -0.2) is 0 Å². The first-order chi connectivity index (χ1) is 8.04. The number of nitrogens with zero attached hydrogens (tertiary/aromatic N) is 2. The van der Waals surface area contributed by atoms with Gasteiger partial charge in [0.05, 0.1) is 15.9 Å². The molecule has 0 aliphatic rings. The summed E-state index contributed by atoms with van der Waals surface area (Å²) in [7, 11) is 0. The van der Waals surface area contributed by atoms with Gasteiger partial charge in [-0.1, -0.05) is 17.7 Å². The van der Waals surface area contributed by atoms with E-state index in [-0.39, 0.29) is 0 Å². The van der Waals surface area contributed by atoms with Crippen molar-refractivity contribution in [2.75, 3.05) is 0 Å². The molecular formula is C14H17BrN2. The molecule has 0 saturated carbocycles. The molecule has 0 saturated heterocycles. The van der Waals surface area contributed by atoms with E-state index in [1.54, 1.807) is 0 Å². The van der Waals surface area contributed by atoms with Crippen molar-refractivity contribution >= 4 is 15.9 Å². The molecule has 0 spiro atoms. The number of aromatic nitrogens is 2. The smallest absolute Gasteiger partial charge is 0.0830 e. The fourth-order valence-electron chi connectivity index (χ4n) is 2.04. The molecule has 0 bridgehead atoms. The Labute approximate surface area is 111 Å². The Morgan fingerprint density at radius 1 is 1.24 bits per heavy atom. The largest absolute Gasteiger partial charge is 0.264 e. The Bertz CT molecular complexity index is 556. The maximum absolute atomic E-state index is 4.55. The van der Waals surface area contributed by atoms with Gasteiger partial charge in [0, 0.05) is 12.1 Å². The number of halogens is 1. The second-order valence-electron chi connectivity index (χ2n) is 4.38. The third-order valence-electron chi connectivity index (χ3n) is 3.00. The molecule has 0 atom stereocenters. The lowest BCUT2D eigenvalue weighted by molar-refractivity contribution is 0.660. The second kappa shape index (κ2) is 4.65. The summed E-state index contributed by atoms with van der Waals surface area (Å²) < 4.78 is 3.16. The molecule has 0 fully saturated rings. The molecule has 90 valence electrons. The number of hydrogen-bond donors (Lipinski definition) is 0. The van der Waals surface area contributed by atoms with Crippen LogP contribution in [0.15, 0.2) is 22.7 Å². The highest BCUT2D eigenvalue weighted by Gasteiger charge is 2.15. The molecule has 17 heavy (non-hydrogen) atoms. The van der Waals surface area contributed by atoms with Crippen molar-refractivity contribution in [3.8, 4) is 11.3 Å². The molecule has 0 aliphatic carbocycles. The van der Waals surface area contributed by atoms with Crippen molar-refractivity contribution in [3.05, 3.63) is 39.5 Å². The van der Waals surface area contributed by atoms with Crippen LogP contribution in [0.3, 0.4) is 0 Å². The summed E-state index contributed by atoms with van der Waals surface area (Å²) in [6.07, 6.45) is 0. The van der Waals surface area contributed by atoms with E-state index in [0.29, 0.717) is 0 Å². The molecular weight excluding hydrogens is 276 g/mol. The normalized spacial score (nSPS) is 10.9. The molecule has 0 radical (unpaired) electrons. The molecule has 1 aromatic heterocycles. The van der Waals surface area contributed by atoms with Crippen molar-refractivity contribution < 1.29 is 0 Å². The number of hydrogen-bond acceptors (Lipinski definition) is 1. The van der Waals surface area contributed by atoms with E-state index in [1.807, 2.05) is 6.92 Å². The van der Waals surface area contributed by atoms with Crippen LogP contribution in [0.2, 0.25) is 0 Å². The third kappa shape index (κ3) is 2.16. The summed E-state index contributed by atoms with van der Waals surface area (Å²) in [5.41, 5.74) is 6.05. The van der Waals surface area contributed by atoms with Gasteiger partial charge in [0.1, 0.15) is 0 Å². The quantitative estimate of drug-likeness (QED) is 0.809. The van der Waals surface area contributed by atoms with Gasteiger partial charge in [-0.3, -0.25) is 4.68 Å². The predicted octanol–water partition coefficient (Wildman–Crippen LogP) is 4.26. The average molecular weight is 293 g/mol. The van der Waals surface area contributed by atoms with Gasteiger partial charge < -0.3 is 0 Å². The van der Waals surface area contributed by atoms with Crippen molar-refractivity contribution in [3.63, 3.8) is 0 Å². The van der Waals surface area contributed by atoms with Gasteiger partial charge in [0.2, 0.25) is 0 Å². The van der Waals surface area contributed by atoms with Crippen LogP contribution in [0.4, 0.5) is 0 Å². The molecule has 2 aromatic rings. The average Bonchev–Trinajstić information content (AvgIpc) is 2.59. The summed E-state index contributed by atoms with van der Waals surface area (Å²) in [5.74, 6) is 0. The maximum Gasteiger partial charge on any atom is 0.0830 e. The van der Waals surface area contributed by atoms with E-state index < -0.39 is 0 Å². The molecule has 2 rings (SSSR count). The van der Waals surface area contributed by atoms with Crippen LogP contribution in [0.5, 0.6) is 0 Å². The van der Waals surface area contributed by atoms with E-state index >= 15 is 0 Å². The Balaban J connectivity index is 2.71. The third-order valence-corrected chi connectivity index (χ3v) is 3.95. The fourth-order valence-corrected chi connectivity index (χ4v) is 2.53. The van der Waals surface area contributed by atoms with E-state index in [4.69, 9.17) is 0 Å². The number of rotatable bonds is 2. The Morgan fingerprint density at radius 3 is 2.59 bits per heavy atom. The van der Waals surface area contributed by atoms with Crippen LogP contribution >= 0.6 is 15.9 Å². The first-order valence-corrected chi connectivity index (χ1v) is 6.64. The molecule has 0 amide bonds. The molecule has 3 heteroatoms. The topological polar surface area (TPSA) is 17.8 Å². The van der Waals surface area contributed by atoms with Crippen LogP contribution in [0.1, 0.15) is 23.7 Å². The first-order valence-electron chi connectivity index (χ1n) is 5.85. The zero-order valence-corrected chi connectivity index (χ0v) is 12.3. The summed E-state index contributed by atoms with van der Waals surface area (Å²) in [6.45, 7) is 9.30. The molecule has 0 N–H and O–H groups in total. The van der Waals surface area contributed by atoms with Crippen molar-refractivity contribution in [1.82, 2.24) is 9.78 Å². The van der Waals surface area contributed by atoms with E-state index in [0.717, 1.165) is 16.7 Å². The summed E-state index contributed by atoms with van der Waals surface area (Å²) in [6, 6.07) is 6.54. The summed E-state index contributed by atoms with van der Waals surface area (Å²) >= 11 is 3.65. The van der Waals surface area contributed by atoms with Crippen LogP contribution in [-0.4, -0.2) is 9.78 Å². The molecule has 0 aliphatic heterocycles. The van der Waals surface area contributed by atoms with Gasteiger partial charge in [0.25, 0.3) is 0 Å². The zero-order valence-electron chi connectivity index (χ0n) is 10.7. The van der Waals surface area contributed by atoms with Gasteiger partial charge in [-0.05, 0) is 55.3 Å². The predicted molar refractivity (Wildman–Crippen MR) is 75.2 cm³/mol. The van der Waals surface area contributed by atoms with Gasteiger partial charge in [-0.2, -0.15) is 5.10 Å². The van der Waals surface area contributed by atoms with Crippen LogP contribution in [0.25, 0.3) is 11.3 Å². The maximum atomic E-state index is 4.55. The van der Waals surface area contributed by atoms with Crippen LogP contribution < -0.4 is 0 Å². The van der Waals surface area contributed by atoms with Crippen LogP contribution in [-0.2, 0) is 6.54 Å². The SMILES string of the molecule is CCn1nc(C)c(Br)c1-c1cc(C)ccc1C. The summed E-state index contributed by atoms with van der Waals surface area (Å²) in [4.78, 5) is 0. The molecule has 0 unspecified atom stereocenters. The monoisotopic (exact) mass is 292 g/mol. The van der Waals surface area contributed by atoms with E-state index in [9.17, 15) is 0 Å². The standard InChI is InChI=1S/C14H17BrN2/c1-5-17-14(13(15)11(4)16-17)12-8-9(2)6-7-10(12)3/h6-8H,5H2,1-4H3. The highest BCUT2D eigenvalue weighted by atomic mass is 79.9. The lowest BCUT2D eigenvalue weighted by atomic mass is 10.0. The second-order valence-corrected chi connectivity index (χ2v) is 5.18. The minimum atomic E-state index is 0.884. The lowest BCUT2D eigenvalue weighted by Crippen LogP contribution is -2.00. The molecule has 1 aromatic carbocycles. The molecule has 2 nitrogen and oxygen atoms in total. The minimum absolute atomic E-state index is 0.884. The zero-order chi connectivity index (χ0) is 12.6. The highest BCUT2D eigenvalue weighted by molar-refractivity contribution is 9.10. The summed E-state index contributed by atoms with van der Waals surface area (Å²) in [5, 5.41) is 4.55. The van der Waals surface area contributed by atoms with Crippen LogP contribution in [0, 0.1) is 20.8 Å². The minimum Gasteiger partial charge on any atom is -0.264 e. The van der Waals surface area contributed by atoms with E-state index in [2.05, 4.69) is 64.7 Å².